The van der Waals surface area contributed by atoms with E-state index in [4.69, 9.17) is 9.63 Å². The second-order valence-electron chi connectivity index (χ2n) is 4.19. The third-order valence-corrected chi connectivity index (χ3v) is 4.04. The van der Waals surface area contributed by atoms with E-state index < -0.39 is 10.0 Å². The molecule has 2 N–H and O–H groups in total. The highest BCUT2D eigenvalue weighted by atomic mass is 32.2. The Morgan fingerprint density at radius 1 is 1.47 bits per heavy atom. The van der Waals surface area contributed by atoms with Crippen LogP contribution in [-0.2, 0) is 30.2 Å². The normalized spacial score (nSPS) is 11.9. The zero-order valence-electron chi connectivity index (χ0n) is 10.6. The lowest BCUT2D eigenvalue weighted by Crippen LogP contribution is -2.23. The molecule has 0 unspecified atom stereocenters. The lowest BCUT2D eigenvalue weighted by atomic mass is 10.4. The van der Waals surface area contributed by atoms with Crippen LogP contribution in [0, 0.1) is 6.92 Å². The number of hydrogen-bond donors (Lipinski definition) is 2. The average molecular weight is 285 g/mol. The maximum Gasteiger partial charge on any atom is 0.242 e. The van der Waals surface area contributed by atoms with Gasteiger partial charge in [-0.3, -0.25) is 0 Å². The zero-order valence-corrected chi connectivity index (χ0v) is 11.4. The number of aliphatic hydroxyl groups excluding tert-OH is 1. The van der Waals surface area contributed by atoms with E-state index in [1.54, 1.807) is 24.6 Å². The predicted octanol–water partition coefficient (Wildman–Crippen LogP) is 0.292. The molecule has 2 heterocycles. The maximum absolute atomic E-state index is 12.0. The summed E-state index contributed by atoms with van der Waals surface area (Å²) in [6.07, 6.45) is 1.45. The summed E-state index contributed by atoms with van der Waals surface area (Å²) in [5.41, 5.74) is 1.04. The smallest absolute Gasteiger partial charge is 0.242 e. The minimum atomic E-state index is -3.62. The van der Waals surface area contributed by atoms with Crippen molar-refractivity contribution < 1.29 is 18.0 Å². The van der Waals surface area contributed by atoms with E-state index in [1.807, 2.05) is 0 Å². The van der Waals surface area contributed by atoms with Crippen LogP contribution in [0.2, 0.25) is 0 Å². The Kier molecular flexibility index (Phi) is 3.74. The van der Waals surface area contributed by atoms with Gasteiger partial charge in [-0.1, -0.05) is 5.16 Å². The summed E-state index contributed by atoms with van der Waals surface area (Å²) in [4.78, 5) is 0.110. The minimum Gasteiger partial charge on any atom is -0.390 e. The topological polar surface area (TPSA) is 97.4 Å². The van der Waals surface area contributed by atoms with Gasteiger partial charge < -0.3 is 14.2 Å². The quantitative estimate of drug-likeness (QED) is 0.823. The Morgan fingerprint density at radius 2 is 2.21 bits per heavy atom. The van der Waals surface area contributed by atoms with Crippen molar-refractivity contribution in [3.8, 4) is 0 Å². The van der Waals surface area contributed by atoms with Gasteiger partial charge in [0.2, 0.25) is 10.0 Å². The molecular weight excluding hydrogens is 270 g/mol. The first kappa shape index (κ1) is 13.8. The minimum absolute atomic E-state index is 0.0586. The first-order chi connectivity index (χ1) is 8.92. The van der Waals surface area contributed by atoms with Crippen molar-refractivity contribution in [2.75, 3.05) is 0 Å². The molecule has 0 atom stereocenters. The maximum atomic E-state index is 12.0. The number of sulfonamides is 1. The molecule has 0 saturated heterocycles. The Morgan fingerprint density at radius 3 is 2.74 bits per heavy atom. The van der Waals surface area contributed by atoms with Gasteiger partial charge in [0.15, 0.2) is 0 Å². The standard InChI is InChI=1S/C11H15N3O4S/c1-8-3-9(13-18-8)5-12-19(16,17)11-4-10(7-15)14(2)6-11/h3-4,6,12,15H,5,7H2,1-2H3. The molecule has 0 bridgehead atoms. The Hall–Kier alpha value is -1.64. The van der Waals surface area contributed by atoms with Gasteiger partial charge in [0.25, 0.3) is 0 Å². The summed E-state index contributed by atoms with van der Waals surface area (Å²) in [6, 6.07) is 3.09. The number of hydrogen-bond acceptors (Lipinski definition) is 5. The lowest BCUT2D eigenvalue weighted by Gasteiger charge is -2.01. The second kappa shape index (κ2) is 5.16. The summed E-state index contributed by atoms with van der Waals surface area (Å²) < 4.78 is 32.9. The highest BCUT2D eigenvalue weighted by molar-refractivity contribution is 7.89. The van der Waals surface area contributed by atoms with Crippen LogP contribution in [0.3, 0.4) is 0 Å². The summed E-state index contributed by atoms with van der Waals surface area (Å²) in [5, 5.41) is 12.8. The van der Waals surface area contributed by atoms with E-state index in [1.165, 1.54) is 12.3 Å². The molecule has 0 spiro atoms. The first-order valence-corrected chi connectivity index (χ1v) is 7.08. The molecule has 0 aromatic carbocycles. The van der Waals surface area contributed by atoms with E-state index in [2.05, 4.69) is 9.88 Å². The number of nitrogens with zero attached hydrogens (tertiary/aromatic N) is 2. The van der Waals surface area contributed by atoms with Crippen LogP contribution in [0.25, 0.3) is 0 Å². The fourth-order valence-electron chi connectivity index (χ4n) is 1.63. The van der Waals surface area contributed by atoms with E-state index in [-0.39, 0.29) is 18.0 Å². The summed E-state index contributed by atoms with van der Waals surface area (Å²) in [6.45, 7) is 1.58. The van der Waals surface area contributed by atoms with E-state index in [0.29, 0.717) is 17.1 Å². The number of aromatic nitrogens is 2. The molecule has 0 aliphatic rings. The van der Waals surface area contributed by atoms with Crippen LogP contribution in [0.4, 0.5) is 0 Å². The van der Waals surface area contributed by atoms with Crippen molar-refractivity contribution in [3.63, 3.8) is 0 Å². The van der Waals surface area contributed by atoms with Crippen LogP contribution in [0.15, 0.2) is 27.7 Å². The van der Waals surface area contributed by atoms with Crippen molar-refractivity contribution in [2.24, 2.45) is 7.05 Å². The third-order valence-electron chi connectivity index (χ3n) is 2.68. The fraction of sp³-hybridized carbons (Fsp3) is 0.364. The largest absolute Gasteiger partial charge is 0.390 e. The molecule has 2 aromatic heterocycles. The third kappa shape index (κ3) is 3.03. The van der Waals surface area contributed by atoms with E-state index >= 15 is 0 Å². The highest BCUT2D eigenvalue weighted by Crippen LogP contribution is 2.14. The van der Waals surface area contributed by atoms with Crippen molar-refractivity contribution in [1.82, 2.24) is 14.4 Å². The Bertz CT molecular complexity index is 672. The van der Waals surface area contributed by atoms with Crippen molar-refractivity contribution >= 4 is 10.0 Å². The molecule has 2 aromatic rings. The monoisotopic (exact) mass is 285 g/mol. The summed E-state index contributed by atoms with van der Waals surface area (Å²) in [7, 11) is -1.95. The molecule has 0 aliphatic heterocycles. The summed E-state index contributed by atoms with van der Waals surface area (Å²) in [5.74, 6) is 0.622. The van der Waals surface area contributed by atoms with Crippen molar-refractivity contribution in [2.45, 2.75) is 25.0 Å². The predicted molar refractivity (Wildman–Crippen MR) is 66.6 cm³/mol. The van der Waals surface area contributed by atoms with Gasteiger partial charge in [0.05, 0.1) is 23.7 Å². The zero-order chi connectivity index (χ0) is 14.0. The van der Waals surface area contributed by atoms with Gasteiger partial charge in [0.1, 0.15) is 5.76 Å². The molecule has 8 heteroatoms. The summed E-state index contributed by atoms with van der Waals surface area (Å²) >= 11 is 0. The number of aliphatic hydroxyl groups is 1. The lowest BCUT2D eigenvalue weighted by molar-refractivity contribution is 0.272. The van der Waals surface area contributed by atoms with Gasteiger partial charge in [-0.15, -0.1) is 0 Å². The van der Waals surface area contributed by atoms with Crippen LogP contribution >= 0.6 is 0 Å². The SMILES string of the molecule is Cc1cc(CNS(=O)(=O)c2cc(CO)n(C)c2)no1. The first-order valence-electron chi connectivity index (χ1n) is 5.60. The second-order valence-corrected chi connectivity index (χ2v) is 5.96. The number of aryl methyl sites for hydroxylation is 2. The highest BCUT2D eigenvalue weighted by Gasteiger charge is 2.17. The van der Waals surface area contributed by atoms with Gasteiger partial charge in [-0.2, -0.15) is 0 Å². The molecule has 0 saturated carbocycles. The van der Waals surface area contributed by atoms with Gasteiger partial charge in [-0.25, -0.2) is 13.1 Å². The van der Waals surface area contributed by atoms with Gasteiger partial charge in [-0.05, 0) is 13.0 Å². The number of rotatable bonds is 5. The van der Waals surface area contributed by atoms with Crippen LogP contribution in [0.5, 0.6) is 0 Å². The molecule has 0 amide bonds. The van der Waals surface area contributed by atoms with Crippen LogP contribution < -0.4 is 4.72 Å². The number of nitrogens with one attached hydrogen (secondary N) is 1. The van der Waals surface area contributed by atoms with Crippen LogP contribution in [-0.4, -0.2) is 23.2 Å². The molecule has 0 aliphatic carbocycles. The molecular formula is C11H15N3O4S. The van der Waals surface area contributed by atoms with E-state index in [0.717, 1.165) is 0 Å². The molecule has 19 heavy (non-hydrogen) atoms. The molecule has 0 fully saturated rings. The van der Waals surface area contributed by atoms with Crippen molar-refractivity contribution in [1.29, 1.82) is 0 Å². The van der Waals surface area contributed by atoms with Crippen LogP contribution in [0.1, 0.15) is 17.1 Å². The fourth-order valence-corrected chi connectivity index (χ4v) is 2.73. The molecule has 0 radical (unpaired) electrons. The van der Waals surface area contributed by atoms with E-state index in [9.17, 15) is 8.42 Å². The van der Waals surface area contributed by atoms with Gasteiger partial charge in [0, 0.05) is 25.0 Å². The molecule has 2 rings (SSSR count). The van der Waals surface area contributed by atoms with Gasteiger partial charge >= 0.3 is 0 Å². The van der Waals surface area contributed by atoms with Crippen molar-refractivity contribution in [3.05, 3.63) is 35.5 Å². The Labute approximate surface area is 110 Å². The Balaban J connectivity index is 2.13. The molecule has 104 valence electrons. The average Bonchev–Trinajstić information content (AvgIpc) is 2.93. The molecule has 7 nitrogen and oxygen atoms in total.